The van der Waals surface area contributed by atoms with Crippen molar-refractivity contribution in [3.05, 3.63) is 59.0 Å². The van der Waals surface area contributed by atoms with Crippen LogP contribution < -0.4 is 0 Å². The van der Waals surface area contributed by atoms with Crippen LogP contribution in [0.2, 0.25) is 5.02 Å². The van der Waals surface area contributed by atoms with E-state index in [4.69, 9.17) is 16.3 Å². The van der Waals surface area contributed by atoms with Crippen molar-refractivity contribution in [1.29, 1.82) is 0 Å². The first kappa shape index (κ1) is 20.1. The topological polar surface area (TPSA) is 97.7 Å². The molecule has 9 heteroatoms. The molecule has 6 rings (SSSR count). The van der Waals surface area contributed by atoms with E-state index in [1.165, 1.54) is 6.33 Å². The Balaban J connectivity index is 1.33. The third-order valence-electron chi connectivity index (χ3n) is 7.37. The third-order valence-corrected chi connectivity index (χ3v) is 7.76. The number of nitrogens with zero attached hydrogens (tertiary/aromatic N) is 5. The number of hydrogen-bond donors (Lipinski definition) is 2. The van der Waals surface area contributed by atoms with E-state index in [1.54, 1.807) is 6.20 Å². The lowest BCUT2D eigenvalue weighted by atomic mass is 9.80. The molecule has 0 amide bonds. The monoisotopic (exact) mass is 453 g/mol. The van der Waals surface area contributed by atoms with Gasteiger partial charge in [0.2, 0.25) is 0 Å². The number of hydrogen-bond acceptors (Lipinski definition) is 6. The van der Waals surface area contributed by atoms with Crippen molar-refractivity contribution < 1.29 is 14.9 Å². The summed E-state index contributed by atoms with van der Waals surface area (Å²) in [6.45, 7) is 4.27. The fourth-order valence-corrected chi connectivity index (χ4v) is 5.89. The number of imidazole rings is 1. The van der Waals surface area contributed by atoms with Crippen molar-refractivity contribution in [3.8, 4) is 0 Å². The van der Waals surface area contributed by atoms with Crippen LogP contribution in [0.3, 0.4) is 0 Å². The molecule has 0 aromatic carbocycles. The summed E-state index contributed by atoms with van der Waals surface area (Å²) in [5, 5.41) is 23.7. The van der Waals surface area contributed by atoms with Gasteiger partial charge in [-0.2, -0.15) is 0 Å². The number of pyridine rings is 1. The molecule has 166 valence electrons. The van der Waals surface area contributed by atoms with E-state index in [2.05, 4.69) is 15.0 Å². The molecular weight excluding hydrogens is 430 g/mol. The minimum atomic E-state index is -0.920. The second-order valence-electron chi connectivity index (χ2n) is 9.17. The minimum Gasteiger partial charge on any atom is -0.390 e. The zero-order valence-corrected chi connectivity index (χ0v) is 18.6. The SMILES string of the molecule is Cc1ncnc2c1ccn2[C@@H]1C[C@@]2(CO[C@@H](c3ccn4c(C)cnc4c3Cl)C2)[C@@H](O)[C@H]1O. The van der Waals surface area contributed by atoms with Crippen LogP contribution in [0.15, 0.2) is 37.1 Å². The maximum atomic E-state index is 11.1. The van der Waals surface area contributed by atoms with E-state index < -0.39 is 17.6 Å². The lowest BCUT2D eigenvalue weighted by molar-refractivity contribution is -0.0309. The number of ether oxygens (including phenoxy) is 1. The van der Waals surface area contributed by atoms with Gasteiger partial charge in [-0.25, -0.2) is 15.0 Å². The molecule has 5 atom stereocenters. The Morgan fingerprint density at radius 2 is 1.94 bits per heavy atom. The molecule has 8 nitrogen and oxygen atoms in total. The van der Waals surface area contributed by atoms with E-state index in [1.807, 2.05) is 47.3 Å². The predicted molar refractivity (Wildman–Crippen MR) is 119 cm³/mol. The second-order valence-corrected chi connectivity index (χ2v) is 9.55. The molecule has 2 aliphatic rings. The van der Waals surface area contributed by atoms with Crippen molar-refractivity contribution >= 4 is 28.3 Å². The summed E-state index contributed by atoms with van der Waals surface area (Å²) >= 11 is 6.69. The molecule has 1 aliphatic heterocycles. The largest absolute Gasteiger partial charge is 0.390 e. The Bertz CT molecular complexity index is 1350. The van der Waals surface area contributed by atoms with Gasteiger partial charge < -0.3 is 23.9 Å². The predicted octanol–water partition coefficient (Wildman–Crippen LogP) is 3.16. The lowest BCUT2D eigenvalue weighted by Crippen LogP contribution is -2.37. The van der Waals surface area contributed by atoms with Crippen molar-refractivity contribution in [2.75, 3.05) is 6.61 Å². The molecule has 32 heavy (non-hydrogen) atoms. The van der Waals surface area contributed by atoms with Crippen LogP contribution in [0, 0.1) is 19.3 Å². The number of halogens is 1. The van der Waals surface area contributed by atoms with Crippen LogP contribution in [-0.4, -0.2) is 52.9 Å². The molecular formula is C23H24ClN5O3. The molecule has 5 heterocycles. The van der Waals surface area contributed by atoms with E-state index >= 15 is 0 Å². The molecule has 1 saturated heterocycles. The molecule has 4 aromatic heterocycles. The molecule has 0 bridgehead atoms. The Morgan fingerprint density at radius 1 is 1.09 bits per heavy atom. The van der Waals surface area contributed by atoms with Crippen molar-refractivity contribution in [2.45, 2.75) is 51.0 Å². The number of fused-ring (bicyclic) bond motifs is 2. The summed E-state index contributed by atoms with van der Waals surface area (Å²) in [5.74, 6) is 0. The number of aliphatic hydroxyl groups is 2. The van der Waals surface area contributed by atoms with Crippen LogP contribution in [0.5, 0.6) is 0 Å². The quantitative estimate of drug-likeness (QED) is 0.484. The summed E-state index contributed by atoms with van der Waals surface area (Å²) in [4.78, 5) is 13.1. The Labute approximate surface area is 189 Å². The smallest absolute Gasteiger partial charge is 0.156 e. The Morgan fingerprint density at radius 3 is 2.78 bits per heavy atom. The fourth-order valence-electron chi connectivity index (χ4n) is 5.56. The zero-order valence-electron chi connectivity index (χ0n) is 17.8. The first-order valence-electron chi connectivity index (χ1n) is 10.8. The van der Waals surface area contributed by atoms with Gasteiger partial charge in [0.15, 0.2) is 5.65 Å². The summed E-state index contributed by atoms with van der Waals surface area (Å²) in [7, 11) is 0. The van der Waals surface area contributed by atoms with E-state index in [-0.39, 0.29) is 12.1 Å². The summed E-state index contributed by atoms with van der Waals surface area (Å²) in [6.07, 6.45) is 6.25. The number of aliphatic hydroxyl groups excluding tert-OH is 2. The zero-order chi connectivity index (χ0) is 22.2. The second kappa shape index (κ2) is 6.99. The third kappa shape index (κ3) is 2.70. The van der Waals surface area contributed by atoms with Crippen molar-refractivity contribution in [1.82, 2.24) is 23.9 Å². The Kier molecular flexibility index (Phi) is 4.39. The van der Waals surface area contributed by atoms with Gasteiger partial charge in [-0.05, 0) is 38.8 Å². The normalized spacial score (nSPS) is 30.3. The Hall–Kier alpha value is -2.52. The van der Waals surface area contributed by atoms with Gasteiger partial charge in [0.05, 0.1) is 35.6 Å². The minimum absolute atomic E-state index is 0.268. The summed E-state index contributed by atoms with van der Waals surface area (Å²) < 4.78 is 10.1. The standard InChI is InChI=1S/C23H24ClN5O3/c1-12-9-25-22-18(24)15(4-5-28(12)22)17-8-23(10-32-17)7-16(19(30)20(23)31)29-6-3-14-13(2)26-11-27-21(14)29/h3-6,9,11,16-17,19-20,30-31H,7-8,10H2,1-2H3/t16-,17-,19+,20+,23-/m1/s1. The van der Waals surface area contributed by atoms with Gasteiger partial charge in [0, 0.05) is 40.6 Å². The van der Waals surface area contributed by atoms with Crippen molar-refractivity contribution in [3.63, 3.8) is 0 Å². The molecule has 1 saturated carbocycles. The van der Waals surface area contributed by atoms with Gasteiger partial charge in [-0.3, -0.25) is 0 Å². The highest BCUT2D eigenvalue weighted by atomic mass is 35.5. The van der Waals surface area contributed by atoms with E-state index in [0.717, 1.165) is 28.0 Å². The van der Waals surface area contributed by atoms with Gasteiger partial charge in [0.1, 0.15) is 18.1 Å². The van der Waals surface area contributed by atoms with Crippen LogP contribution in [0.1, 0.15) is 41.9 Å². The fraction of sp³-hybridized carbons (Fsp3) is 0.435. The molecule has 0 radical (unpaired) electrons. The van der Waals surface area contributed by atoms with Crippen molar-refractivity contribution in [2.24, 2.45) is 5.41 Å². The van der Waals surface area contributed by atoms with Crippen LogP contribution in [0.4, 0.5) is 0 Å². The number of aryl methyl sites for hydroxylation is 2. The van der Waals surface area contributed by atoms with E-state index in [0.29, 0.717) is 30.1 Å². The molecule has 1 spiro atoms. The molecule has 1 aliphatic carbocycles. The highest BCUT2D eigenvalue weighted by molar-refractivity contribution is 6.34. The summed E-state index contributed by atoms with van der Waals surface area (Å²) in [5.41, 5.74) is 3.66. The van der Waals surface area contributed by atoms with Gasteiger partial charge in [-0.1, -0.05) is 11.6 Å². The molecule has 4 aromatic rings. The molecule has 0 unspecified atom stereocenters. The van der Waals surface area contributed by atoms with Crippen LogP contribution in [-0.2, 0) is 4.74 Å². The van der Waals surface area contributed by atoms with Gasteiger partial charge >= 0.3 is 0 Å². The molecule has 2 fully saturated rings. The first-order chi connectivity index (χ1) is 15.4. The average molecular weight is 454 g/mol. The van der Waals surface area contributed by atoms with Gasteiger partial charge in [0.25, 0.3) is 0 Å². The maximum Gasteiger partial charge on any atom is 0.156 e. The van der Waals surface area contributed by atoms with Crippen LogP contribution >= 0.6 is 11.6 Å². The lowest BCUT2D eigenvalue weighted by Gasteiger charge is -2.26. The summed E-state index contributed by atoms with van der Waals surface area (Å²) in [6, 6.07) is 3.62. The maximum absolute atomic E-state index is 11.1. The highest BCUT2D eigenvalue weighted by Gasteiger charge is 2.57. The highest BCUT2D eigenvalue weighted by Crippen LogP contribution is 2.55. The average Bonchev–Trinajstić information content (AvgIpc) is 3.53. The van der Waals surface area contributed by atoms with Crippen LogP contribution in [0.25, 0.3) is 16.7 Å². The van der Waals surface area contributed by atoms with Gasteiger partial charge in [-0.15, -0.1) is 0 Å². The molecule has 2 N–H and O–H groups in total. The first-order valence-corrected chi connectivity index (χ1v) is 11.2. The number of rotatable bonds is 2. The van der Waals surface area contributed by atoms with E-state index in [9.17, 15) is 10.2 Å². The number of aromatic nitrogens is 5.